The van der Waals surface area contributed by atoms with Crippen LogP contribution in [0.5, 0.6) is 11.5 Å². The van der Waals surface area contributed by atoms with Crippen LogP contribution in [0.15, 0.2) is 104 Å². The number of pyridine rings is 1. The van der Waals surface area contributed by atoms with E-state index >= 15 is 0 Å². The molecule has 0 atom stereocenters. The van der Waals surface area contributed by atoms with Gasteiger partial charge in [-0.15, -0.1) is 0 Å². The van der Waals surface area contributed by atoms with Crippen LogP contribution < -0.4 is 9.30 Å². The van der Waals surface area contributed by atoms with Crippen molar-refractivity contribution >= 4 is 27.8 Å². The van der Waals surface area contributed by atoms with Gasteiger partial charge in [-0.1, -0.05) is 30.3 Å². The molecular formula is C28H20N6O. The van der Waals surface area contributed by atoms with E-state index in [0.717, 1.165) is 50.8 Å². The molecule has 0 N–H and O–H groups in total. The van der Waals surface area contributed by atoms with Crippen molar-refractivity contribution in [3.05, 3.63) is 110 Å². The van der Waals surface area contributed by atoms with Gasteiger partial charge in [0, 0.05) is 24.7 Å². The highest BCUT2D eigenvalue weighted by molar-refractivity contribution is 5.92. The molecule has 0 unspecified atom stereocenters. The van der Waals surface area contributed by atoms with Crippen molar-refractivity contribution in [3.8, 4) is 23.0 Å². The molecule has 0 bridgehead atoms. The average molecular weight is 457 g/mol. The summed E-state index contributed by atoms with van der Waals surface area (Å²) >= 11 is 0. The van der Waals surface area contributed by atoms with Crippen LogP contribution in [0.4, 0.5) is 0 Å². The number of nitrogens with zero attached hydrogens (tertiary/aromatic N) is 6. The zero-order valence-electron chi connectivity index (χ0n) is 18.9. The highest BCUT2D eigenvalue weighted by atomic mass is 16.5. The van der Waals surface area contributed by atoms with Gasteiger partial charge in [-0.2, -0.15) is 0 Å². The van der Waals surface area contributed by atoms with E-state index < -0.39 is 0 Å². The molecule has 0 aliphatic rings. The molecule has 4 heterocycles. The van der Waals surface area contributed by atoms with Gasteiger partial charge in [0.15, 0.2) is 0 Å². The van der Waals surface area contributed by atoms with Crippen LogP contribution in [0.3, 0.4) is 0 Å². The van der Waals surface area contributed by atoms with Gasteiger partial charge >= 0.3 is 0 Å². The summed E-state index contributed by atoms with van der Waals surface area (Å²) in [6.45, 7) is 0. The Morgan fingerprint density at radius 2 is 1.71 bits per heavy atom. The highest BCUT2D eigenvalue weighted by Crippen LogP contribution is 2.32. The van der Waals surface area contributed by atoms with Crippen LogP contribution in [-0.2, 0) is 7.05 Å². The van der Waals surface area contributed by atoms with Crippen LogP contribution >= 0.6 is 0 Å². The standard InChI is InChI=1S/C28H20N6O/c1-31-15-16-32(19-31)20-7-6-8-21(17-20)35-22-12-13-25-26(18-22)34(27-11-4-5-14-29-27)28-30-23-9-2-3-10-24(23)33(25)28/h2-18H,1H3. The van der Waals surface area contributed by atoms with Crippen molar-refractivity contribution in [3.63, 3.8) is 0 Å². The van der Waals surface area contributed by atoms with E-state index in [4.69, 9.17) is 9.72 Å². The Hall–Kier alpha value is -4.91. The number of hydrogen-bond donors (Lipinski definition) is 0. The van der Waals surface area contributed by atoms with Gasteiger partial charge < -0.3 is 13.9 Å². The van der Waals surface area contributed by atoms with Crippen LogP contribution in [0.25, 0.3) is 39.3 Å². The minimum absolute atomic E-state index is 0.735. The monoisotopic (exact) mass is 456 g/mol. The molecule has 7 nitrogen and oxygen atoms in total. The Morgan fingerprint density at radius 1 is 0.829 bits per heavy atom. The van der Waals surface area contributed by atoms with E-state index in [1.807, 2.05) is 101 Å². The summed E-state index contributed by atoms with van der Waals surface area (Å²) in [5.74, 6) is 3.10. The lowest BCUT2D eigenvalue weighted by molar-refractivity contribution is -0.674. The van der Waals surface area contributed by atoms with Crippen molar-refractivity contribution in [2.75, 3.05) is 0 Å². The average Bonchev–Trinajstić information content (AvgIpc) is 3.57. The van der Waals surface area contributed by atoms with Crippen molar-refractivity contribution < 1.29 is 9.30 Å². The molecule has 0 aliphatic heterocycles. The molecular weight excluding hydrogens is 436 g/mol. The lowest BCUT2D eigenvalue weighted by atomic mass is 10.2. The molecule has 0 spiro atoms. The smallest absolute Gasteiger partial charge is 0.243 e. The Kier molecular flexibility index (Phi) is 4.22. The van der Waals surface area contributed by atoms with E-state index in [1.165, 1.54) is 0 Å². The lowest BCUT2D eigenvalue weighted by Gasteiger charge is -2.10. The number of ether oxygens (including phenoxy) is 1. The van der Waals surface area contributed by atoms with Gasteiger partial charge in [0.2, 0.25) is 12.1 Å². The number of imidazole rings is 3. The fraction of sp³-hybridized carbons (Fsp3) is 0.0357. The summed E-state index contributed by atoms with van der Waals surface area (Å²) in [7, 11) is 1.95. The number of fused-ring (bicyclic) bond motifs is 5. The molecule has 3 aromatic carbocycles. The predicted molar refractivity (Wildman–Crippen MR) is 133 cm³/mol. The Morgan fingerprint density at radius 3 is 2.57 bits per heavy atom. The molecule has 7 rings (SSSR count). The van der Waals surface area contributed by atoms with E-state index in [9.17, 15) is 0 Å². The second kappa shape index (κ2) is 7.56. The van der Waals surface area contributed by atoms with Gasteiger partial charge in [0.05, 0.1) is 34.8 Å². The van der Waals surface area contributed by atoms with E-state index in [2.05, 4.69) is 32.4 Å². The molecule has 4 aromatic heterocycles. The maximum atomic E-state index is 6.31. The normalized spacial score (nSPS) is 11.6. The minimum atomic E-state index is 0.735. The van der Waals surface area contributed by atoms with Gasteiger partial charge in [0.1, 0.15) is 17.3 Å². The summed E-state index contributed by atoms with van der Waals surface area (Å²) < 4.78 is 14.4. The molecule has 7 aromatic rings. The van der Waals surface area contributed by atoms with E-state index in [-0.39, 0.29) is 0 Å². The number of benzene rings is 3. The third-order valence-electron chi connectivity index (χ3n) is 6.09. The van der Waals surface area contributed by atoms with Crippen molar-refractivity contribution in [1.82, 2.24) is 23.5 Å². The van der Waals surface area contributed by atoms with Crippen LogP contribution in [-0.4, -0.2) is 23.5 Å². The number of rotatable bonds is 4. The maximum Gasteiger partial charge on any atom is 0.243 e. The molecule has 0 amide bonds. The second-order valence-corrected chi connectivity index (χ2v) is 8.39. The minimum Gasteiger partial charge on any atom is -0.458 e. The van der Waals surface area contributed by atoms with E-state index in [0.29, 0.717) is 0 Å². The second-order valence-electron chi connectivity index (χ2n) is 8.39. The Balaban J connectivity index is 1.39. The van der Waals surface area contributed by atoms with Gasteiger partial charge in [-0.3, -0.25) is 8.97 Å². The molecule has 7 heteroatoms. The third-order valence-corrected chi connectivity index (χ3v) is 6.09. The Labute approximate surface area is 200 Å². The quantitative estimate of drug-likeness (QED) is 0.276. The summed E-state index contributed by atoms with van der Waals surface area (Å²) in [5, 5.41) is 0. The number of para-hydroxylation sites is 2. The Bertz CT molecular complexity index is 1840. The summed E-state index contributed by atoms with van der Waals surface area (Å²) in [6, 6.07) is 28.1. The predicted octanol–water partition coefficient (Wildman–Crippen LogP) is 5.03. The first-order valence-corrected chi connectivity index (χ1v) is 11.3. The molecule has 0 saturated carbocycles. The fourth-order valence-corrected chi connectivity index (χ4v) is 4.54. The molecule has 0 saturated heterocycles. The third kappa shape index (κ3) is 3.17. The summed E-state index contributed by atoms with van der Waals surface area (Å²) in [5.41, 5.74) is 4.98. The zero-order valence-corrected chi connectivity index (χ0v) is 18.9. The lowest BCUT2D eigenvalue weighted by Crippen LogP contribution is -2.24. The van der Waals surface area contributed by atoms with Crippen LogP contribution in [0.2, 0.25) is 0 Å². The molecule has 35 heavy (non-hydrogen) atoms. The molecule has 0 fully saturated rings. The van der Waals surface area contributed by atoms with Crippen LogP contribution in [0.1, 0.15) is 0 Å². The first-order valence-electron chi connectivity index (χ1n) is 11.3. The number of aromatic nitrogens is 6. The first-order chi connectivity index (χ1) is 17.2. The van der Waals surface area contributed by atoms with Crippen molar-refractivity contribution in [1.29, 1.82) is 0 Å². The van der Waals surface area contributed by atoms with Gasteiger partial charge in [-0.05, 0) is 48.5 Å². The van der Waals surface area contributed by atoms with Crippen LogP contribution in [0, 0.1) is 6.33 Å². The van der Waals surface area contributed by atoms with Gasteiger partial charge in [-0.25, -0.2) is 9.97 Å². The first kappa shape index (κ1) is 19.5. The highest BCUT2D eigenvalue weighted by Gasteiger charge is 2.18. The van der Waals surface area contributed by atoms with E-state index in [1.54, 1.807) is 6.20 Å². The topological polar surface area (TPSA) is 53.2 Å². The molecule has 0 aliphatic carbocycles. The fourth-order valence-electron chi connectivity index (χ4n) is 4.54. The summed E-state index contributed by atoms with van der Waals surface area (Å²) in [4.78, 5) is 9.54. The number of hydrogen-bond acceptors (Lipinski definition) is 3. The molecule has 0 radical (unpaired) electrons. The SMILES string of the molecule is C[n+]1[c-]n(-c2cccc(Oc3ccc4c(c3)n(-c3ccccn3)c3nc5ccccc5n43)c2)cc1. The zero-order chi connectivity index (χ0) is 23.4. The maximum absolute atomic E-state index is 6.31. The molecule has 168 valence electrons. The van der Waals surface area contributed by atoms with Crippen molar-refractivity contribution in [2.45, 2.75) is 0 Å². The largest absolute Gasteiger partial charge is 0.458 e. The number of aryl methyl sites for hydroxylation is 1. The van der Waals surface area contributed by atoms with Crippen molar-refractivity contribution in [2.24, 2.45) is 7.05 Å². The summed E-state index contributed by atoms with van der Waals surface area (Å²) in [6.07, 6.45) is 8.93. The van der Waals surface area contributed by atoms with Gasteiger partial charge in [0.25, 0.3) is 0 Å².